The summed E-state index contributed by atoms with van der Waals surface area (Å²) in [5, 5.41) is 2.65. The molecule has 1 saturated carbocycles. The highest BCUT2D eigenvalue weighted by Gasteiger charge is 2.51. The molecule has 4 rings (SSSR count). The van der Waals surface area contributed by atoms with Crippen LogP contribution >= 0.6 is 0 Å². The van der Waals surface area contributed by atoms with Crippen LogP contribution in [0.4, 0.5) is 0 Å². The number of nitrogens with one attached hydrogen (secondary N) is 1. The van der Waals surface area contributed by atoms with E-state index in [1.165, 1.54) is 6.92 Å². The molecule has 0 unspecified atom stereocenters. The van der Waals surface area contributed by atoms with E-state index in [2.05, 4.69) is 5.32 Å². The lowest BCUT2D eigenvalue weighted by atomic mass is 9.81. The lowest BCUT2D eigenvalue weighted by Gasteiger charge is -2.21. The van der Waals surface area contributed by atoms with Crippen LogP contribution in [-0.2, 0) is 30.5 Å². The molecule has 1 saturated heterocycles. The van der Waals surface area contributed by atoms with Gasteiger partial charge in [-0.25, -0.2) is 4.79 Å². The molecule has 30 heavy (non-hydrogen) atoms. The topological polar surface area (TPSA) is 111 Å². The predicted molar refractivity (Wildman–Crippen MR) is 102 cm³/mol. The van der Waals surface area contributed by atoms with Gasteiger partial charge in [-0.15, -0.1) is 0 Å². The third-order valence-corrected chi connectivity index (χ3v) is 5.88. The summed E-state index contributed by atoms with van der Waals surface area (Å²) in [5.74, 6) is -1.25. The first-order valence-corrected chi connectivity index (χ1v) is 10.1. The van der Waals surface area contributed by atoms with Gasteiger partial charge in [0.1, 0.15) is 6.04 Å². The first kappa shape index (κ1) is 20.2. The Hall–Kier alpha value is -3.10. The summed E-state index contributed by atoms with van der Waals surface area (Å²) >= 11 is 0. The van der Waals surface area contributed by atoms with Crippen LogP contribution in [0.25, 0.3) is 0 Å². The van der Waals surface area contributed by atoms with Crippen LogP contribution in [-0.4, -0.2) is 48.0 Å². The number of amides is 3. The molecular weight excluding hydrogens is 392 g/mol. The van der Waals surface area contributed by atoms with E-state index in [-0.39, 0.29) is 37.0 Å². The van der Waals surface area contributed by atoms with Crippen molar-refractivity contribution in [2.75, 3.05) is 13.4 Å². The van der Waals surface area contributed by atoms with Crippen molar-refractivity contribution in [2.24, 2.45) is 11.8 Å². The Morgan fingerprint density at radius 3 is 2.50 bits per heavy atom. The Kier molecular flexibility index (Phi) is 5.61. The number of fused-ring (bicyclic) bond motifs is 2. The molecule has 1 aromatic rings. The van der Waals surface area contributed by atoms with Gasteiger partial charge < -0.3 is 19.5 Å². The molecule has 3 aliphatic rings. The second kappa shape index (κ2) is 8.33. The Morgan fingerprint density at radius 2 is 1.80 bits per heavy atom. The van der Waals surface area contributed by atoms with Gasteiger partial charge in [-0.05, 0) is 37.5 Å². The molecule has 2 fully saturated rings. The summed E-state index contributed by atoms with van der Waals surface area (Å²) in [6, 6.07) is 4.28. The molecule has 3 atom stereocenters. The maximum atomic E-state index is 12.6. The third-order valence-electron chi connectivity index (χ3n) is 5.88. The van der Waals surface area contributed by atoms with Gasteiger partial charge in [0, 0.05) is 6.54 Å². The van der Waals surface area contributed by atoms with E-state index in [9.17, 15) is 19.2 Å². The van der Waals surface area contributed by atoms with Gasteiger partial charge >= 0.3 is 5.97 Å². The highest BCUT2D eigenvalue weighted by atomic mass is 16.7. The Balaban J connectivity index is 1.26. The number of esters is 1. The Labute approximate surface area is 173 Å². The normalized spacial score (nSPS) is 23.2. The molecule has 160 valence electrons. The summed E-state index contributed by atoms with van der Waals surface area (Å²) in [6.45, 7) is 1.37. The first-order chi connectivity index (χ1) is 14.5. The van der Waals surface area contributed by atoms with Crippen LogP contribution in [0.15, 0.2) is 18.2 Å². The maximum absolute atomic E-state index is 12.6. The molecule has 0 radical (unpaired) electrons. The zero-order valence-electron chi connectivity index (χ0n) is 16.7. The Morgan fingerprint density at radius 1 is 1.13 bits per heavy atom. The molecule has 9 nitrogen and oxygen atoms in total. The highest BCUT2D eigenvalue weighted by Crippen LogP contribution is 2.39. The van der Waals surface area contributed by atoms with Crippen molar-refractivity contribution in [1.82, 2.24) is 10.2 Å². The van der Waals surface area contributed by atoms with E-state index < -0.39 is 24.5 Å². The average molecular weight is 416 g/mol. The monoisotopic (exact) mass is 416 g/mol. The molecule has 2 heterocycles. The van der Waals surface area contributed by atoms with Crippen molar-refractivity contribution in [2.45, 2.75) is 45.2 Å². The summed E-state index contributed by atoms with van der Waals surface area (Å²) in [4.78, 5) is 50.6. The summed E-state index contributed by atoms with van der Waals surface area (Å²) in [6.07, 6.45) is 3.18. The number of imide groups is 1. The molecular formula is C21H24N2O7. The van der Waals surface area contributed by atoms with Crippen LogP contribution in [0, 0.1) is 11.8 Å². The van der Waals surface area contributed by atoms with Crippen molar-refractivity contribution in [3.63, 3.8) is 0 Å². The molecule has 9 heteroatoms. The standard InChI is InChI=1S/C21H24N2O7/c1-12(23-19(25)14-4-2-3-5-15(14)20(23)26)21(27)28-10-18(24)22-9-13-6-7-16-17(8-13)30-11-29-16/h6-8,12,14-15H,2-5,9-11H2,1H3,(H,22,24)/t12-,14-,15-/m0/s1. The van der Waals surface area contributed by atoms with Gasteiger partial charge in [-0.3, -0.25) is 19.3 Å². The average Bonchev–Trinajstić information content (AvgIpc) is 3.32. The molecule has 0 aromatic heterocycles. The van der Waals surface area contributed by atoms with Crippen LogP contribution < -0.4 is 14.8 Å². The molecule has 3 amide bonds. The van der Waals surface area contributed by atoms with Gasteiger partial charge in [-0.2, -0.15) is 0 Å². The SMILES string of the molecule is C[C@@H](C(=O)OCC(=O)NCc1ccc2c(c1)OCO2)N1C(=O)[C@H]2CCCC[C@@H]2C1=O. The second-order valence-electron chi connectivity index (χ2n) is 7.79. The van der Waals surface area contributed by atoms with Crippen molar-refractivity contribution in [3.05, 3.63) is 23.8 Å². The van der Waals surface area contributed by atoms with Crippen molar-refractivity contribution >= 4 is 23.7 Å². The lowest BCUT2D eigenvalue weighted by molar-refractivity contribution is -0.159. The maximum Gasteiger partial charge on any atom is 0.329 e. The second-order valence-corrected chi connectivity index (χ2v) is 7.79. The number of ether oxygens (including phenoxy) is 3. The zero-order chi connectivity index (χ0) is 21.3. The predicted octanol–water partition coefficient (Wildman–Crippen LogP) is 1.14. The third kappa shape index (κ3) is 3.83. The first-order valence-electron chi connectivity index (χ1n) is 10.1. The van der Waals surface area contributed by atoms with Gasteiger partial charge in [0.05, 0.1) is 11.8 Å². The fraction of sp³-hybridized carbons (Fsp3) is 0.524. The van der Waals surface area contributed by atoms with Crippen molar-refractivity contribution in [3.8, 4) is 11.5 Å². The number of rotatable bonds is 6. The van der Waals surface area contributed by atoms with E-state index in [1.54, 1.807) is 18.2 Å². The number of hydrogen-bond donors (Lipinski definition) is 1. The number of carbonyl (C=O) groups is 4. The molecule has 0 spiro atoms. The van der Waals surface area contributed by atoms with Crippen molar-refractivity contribution < 1.29 is 33.4 Å². The number of nitrogens with zero attached hydrogens (tertiary/aromatic N) is 1. The molecule has 2 aliphatic heterocycles. The smallest absolute Gasteiger partial charge is 0.329 e. The van der Waals surface area contributed by atoms with Gasteiger partial charge in [-0.1, -0.05) is 18.9 Å². The number of likely N-dealkylation sites (tertiary alicyclic amines) is 1. The molecule has 1 aliphatic carbocycles. The number of carbonyl (C=O) groups excluding carboxylic acids is 4. The quantitative estimate of drug-likeness (QED) is 0.547. The van der Waals surface area contributed by atoms with Crippen LogP contribution in [0.1, 0.15) is 38.2 Å². The molecule has 1 aromatic carbocycles. The number of benzene rings is 1. The largest absolute Gasteiger partial charge is 0.454 e. The molecule has 0 bridgehead atoms. The van der Waals surface area contributed by atoms with E-state index in [4.69, 9.17) is 14.2 Å². The van der Waals surface area contributed by atoms with Gasteiger partial charge in [0.25, 0.3) is 5.91 Å². The van der Waals surface area contributed by atoms with Gasteiger partial charge in [0.15, 0.2) is 18.1 Å². The minimum Gasteiger partial charge on any atom is -0.454 e. The summed E-state index contributed by atoms with van der Waals surface area (Å²) in [5.41, 5.74) is 0.808. The number of hydrogen-bond acceptors (Lipinski definition) is 7. The van der Waals surface area contributed by atoms with Crippen LogP contribution in [0.2, 0.25) is 0 Å². The van der Waals surface area contributed by atoms with Crippen LogP contribution in [0.5, 0.6) is 11.5 Å². The summed E-state index contributed by atoms with van der Waals surface area (Å²) < 4.78 is 15.6. The van der Waals surface area contributed by atoms with Gasteiger partial charge in [0.2, 0.25) is 18.6 Å². The summed E-state index contributed by atoms with van der Waals surface area (Å²) in [7, 11) is 0. The minimum atomic E-state index is -1.04. The zero-order valence-corrected chi connectivity index (χ0v) is 16.7. The van der Waals surface area contributed by atoms with E-state index in [0.29, 0.717) is 24.3 Å². The van der Waals surface area contributed by atoms with Crippen molar-refractivity contribution in [1.29, 1.82) is 0 Å². The minimum absolute atomic E-state index is 0.169. The lowest BCUT2D eigenvalue weighted by Crippen LogP contribution is -2.45. The molecule has 1 N–H and O–H groups in total. The fourth-order valence-electron chi connectivity index (χ4n) is 4.23. The Bertz CT molecular complexity index is 860. The van der Waals surface area contributed by atoms with E-state index >= 15 is 0 Å². The highest BCUT2D eigenvalue weighted by molar-refractivity contribution is 6.07. The van der Waals surface area contributed by atoms with Crippen LogP contribution in [0.3, 0.4) is 0 Å². The van der Waals surface area contributed by atoms with E-state index in [1.807, 2.05) is 0 Å². The van der Waals surface area contributed by atoms with E-state index in [0.717, 1.165) is 23.3 Å². The fourth-order valence-corrected chi connectivity index (χ4v) is 4.23.